The van der Waals surface area contributed by atoms with Crippen LogP contribution in [-0.4, -0.2) is 47.6 Å². The summed E-state index contributed by atoms with van der Waals surface area (Å²) in [5.74, 6) is -1.37. The molecule has 1 heterocycles. The molecule has 0 unspecified atom stereocenters. The molecule has 0 aromatic carbocycles. The van der Waals surface area contributed by atoms with Gasteiger partial charge in [-0.05, 0) is 19.8 Å². The number of nitrogens with zero attached hydrogens (tertiary/aromatic N) is 2. The number of aryl methyl sites for hydroxylation is 1. The van der Waals surface area contributed by atoms with Gasteiger partial charge in [-0.25, -0.2) is 17.5 Å². The Kier molecular flexibility index (Phi) is 4.84. The van der Waals surface area contributed by atoms with E-state index in [4.69, 9.17) is 5.11 Å². The molecule has 106 valence electrons. The van der Waals surface area contributed by atoms with Gasteiger partial charge in [-0.15, -0.1) is 6.58 Å². The Balaban J connectivity index is 3.09. The number of sulfonamides is 1. The first-order valence-electron chi connectivity index (χ1n) is 5.67. The van der Waals surface area contributed by atoms with Crippen molar-refractivity contribution >= 4 is 16.0 Å². The van der Waals surface area contributed by atoms with E-state index < -0.39 is 21.7 Å². The van der Waals surface area contributed by atoms with Gasteiger partial charge in [0.1, 0.15) is 4.90 Å². The molecule has 2 N–H and O–H groups in total. The summed E-state index contributed by atoms with van der Waals surface area (Å²) in [5.41, 5.74) is -0.263. The highest BCUT2D eigenvalue weighted by atomic mass is 32.2. The van der Waals surface area contributed by atoms with Crippen LogP contribution in [0.5, 0.6) is 0 Å². The summed E-state index contributed by atoms with van der Waals surface area (Å²) in [7, 11) is -2.44. The van der Waals surface area contributed by atoms with Gasteiger partial charge >= 0.3 is 5.97 Å². The van der Waals surface area contributed by atoms with E-state index in [1.165, 1.54) is 14.0 Å². The van der Waals surface area contributed by atoms with E-state index in [2.05, 4.69) is 16.8 Å². The monoisotopic (exact) mass is 287 g/mol. The molecule has 0 saturated heterocycles. The van der Waals surface area contributed by atoms with Gasteiger partial charge in [0.2, 0.25) is 10.0 Å². The van der Waals surface area contributed by atoms with Gasteiger partial charge in [-0.3, -0.25) is 5.10 Å². The average molecular weight is 287 g/mol. The van der Waals surface area contributed by atoms with Crippen molar-refractivity contribution in [1.29, 1.82) is 0 Å². The van der Waals surface area contributed by atoms with Crippen LogP contribution in [0, 0.1) is 6.92 Å². The minimum Gasteiger partial charge on any atom is -0.476 e. The van der Waals surface area contributed by atoms with Crippen molar-refractivity contribution in [1.82, 2.24) is 14.5 Å². The lowest BCUT2D eigenvalue weighted by Gasteiger charge is -2.16. The molecule has 0 aliphatic heterocycles. The van der Waals surface area contributed by atoms with Crippen molar-refractivity contribution in [3.8, 4) is 0 Å². The largest absolute Gasteiger partial charge is 0.476 e. The van der Waals surface area contributed by atoms with Crippen LogP contribution in [-0.2, 0) is 10.0 Å². The fraction of sp³-hybridized carbons (Fsp3) is 0.455. The minimum atomic E-state index is -3.86. The molecule has 0 spiro atoms. The molecule has 1 aromatic heterocycles. The number of rotatable bonds is 7. The smallest absolute Gasteiger partial charge is 0.357 e. The standard InChI is InChI=1S/C11H17N3O4S/c1-4-5-6-7-14(3)19(17,18)10-8(2)12-13-9(10)11(15)16/h4H,1,5-7H2,2-3H3,(H,12,13)(H,15,16). The van der Waals surface area contributed by atoms with E-state index in [9.17, 15) is 13.2 Å². The molecule has 0 aliphatic rings. The van der Waals surface area contributed by atoms with E-state index in [1.807, 2.05) is 0 Å². The third-order valence-electron chi connectivity index (χ3n) is 2.64. The number of unbranched alkanes of at least 4 members (excludes halogenated alkanes) is 1. The summed E-state index contributed by atoms with van der Waals surface area (Å²) in [6.45, 7) is 5.33. The van der Waals surface area contributed by atoms with E-state index in [0.29, 0.717) is 12.8 Å². The predicted octanol–water partition coefficient (Wildman–Crippen LogP) is 1.00. The van der Waals surface area contributed by atoms with E-state index in [-0.39, 0.29) is 17.1 Å². The zero-order valence-electron chi connectivity index (χ0n) is 10.9. The van der Waals surface area contributed by atoms with Crippen LogP contribution in [0.4, 0.5) is 0 Å². The number of nitrogens with one attached hydrogen (secondary N) is 1. The van der Waals surface area contributed by atoms with Crippen LogP contribution in [0.3, 0.4) is 0 Å². The summed E-state index contributed by atoms with van der Waals surface area (Å²) >= 11 is 0. The molecule has 1 aromatic rings. The second kappa shape index (κ2) is 5.98. The lowest BCUT2D eigenvalue weighted by Crippen LogP contribution is -2.29. The molecule has 0 amide bonds. The van der Waals surface area contributed by atoms with Crippen molar-refractivity contribution in [3.05, 3.63) is 24.0 Å². The number of aromatic nitrogens is 2. The van der Waals surface area contributed by atoms with Crippen molar-refractivity contribution in [3.63, 3.8) is 0 Å². The normalized spacial score (nSPS) is 11.7. The topological polar surface area (TPSA) is 103 Å². The zero-order valence-corrected chi connectivity index (χ0v) is 11.7. The van der Waals surface area contributed by atoms with Gasteiger partial charge in [0.25, 0.3) is 0 Å². The van der Waals surface area contributed by atoms with E-state index in [0.717, 1.165) is 4.31 Å². The molecule has 0 radical (unpaired) electrons. The van der Waals surface area contributed by atoms with Crippen LogP contribution in [0.1, 0.15) is 29.0 Å². The highest BCUT2D eigenvalue weighted by Gasteiger charge is 2.31. The summed E-state index contributed by atoms with van der Waals surface area (Å²) in [6, 6.07) is 0. The molecule has 0 saturated carbocycles. The number of aromatic amines is 1. The Morgan fingerprint density at radius 3 is 2.74 bits per heavy atom. The van der Waals surface area contributed by atoms with Gasteiger partial charge in [0, 0.05) is 13.6 Å². The van der Waals surface area contributed by atoms with E-state index >= 15 is 0 Å². The Bertz CT molecular complexity index is 577. The third-order valence-corrected chi connectivity index (χ3v) is 4.66. The summed E-state index contributed by atoms with van der Waals surface area (Å²) in [4.78, 5) is 10.7. The lowest BCUT2D eigenvalue weighted by atomic mass is 10.3. The average Bonchev–Trinajstić information content (AvgIpc) is 2.72. The number of carbonyl (C=O) groups is 1. The summed E-state index contributed by atoms with van der Waals surface area (Å²) in [5, 5.41) is 14.9. The van der Waals surface area contributed by atoms with Crippen molar-refractivity contribution in [2.75, 3.05) is 13.6 Å². The molecule has 7 nitrogen and oxygen atoms in total. The number of hydrogen-bond donors (Lipinski definition) is 2. The fourth-order valence-corrected chi connectivity index (χ4v) is 3.10. The Labute approximate surface area is 112 Å². The molecule has 8 heteroatoms. The Morgan fingerprint density at radius 2 is 2.21 bits per heavy atom. The number of allylic oxidation sites excluding steroid dienone is 1. The molecular weight excluding hydrogens is 270 g/mol. The summed E-state index contributed by atoms with van der Waals surface area (Å²) in [6.07, 6.45) is 3.01. The lowest BCUT2D eigenvalue weighted by molar-refractivity contribution is 0.0686. The molecule has 19 heavy (non-hydrogen) atoms. The first kappa shape index (κ1) is 15.4. The predicted molar refractivity (Wildman–Crippen MR) is 69.5 cm³/mol. The van der Waals surface area contributed by atoms with E-state index in [1.54, 1.807) is 6.08 Å². The SMILES string of the molecule is C=CCCCN(C)S(=O)(=O)c1c(C(=O)O)n[nH]c1C. The maximum Gasteiger partial charge on any atom is 0.357 e. The third kappa shape index (κ3) is 3.21. The van der Waals surface area contributed by atoms with Crippen LogP contribution in [0.15, 0.2) is 17.6 Å². The maximum atomic E-state index is 12.3. The molecule has 0 fully saturated rings. The fourth-order valence-electron chi connectivity index (χ4n) is 1.61. The number of aromatic carboxylic acids is 1. The molecule has 0 atom stereocenters. The van der Waals surface area contributed by atoms with Gasteiger partial charge in [0.15, 0.2) is 5.69 Å². The second-order valence-corrected chi connectivity index (χ2v) is 6.07. The number of carboxylic acids is 1. The van der Waals surface area contributed by atoms with Crippen molar-refractivity contribution in [2.24, 2.45) is 0 Å². The number of hydrogen-bond acceptors (Lipinski definition) is 4. The van der Waals surface area contributed by atoms with Gasteiger partial charge in [0.05, 0.1) is 5.69 Å². The maximum absolute atomic E-state index is 12.3. The first-order chi connectivity index (χ1) is 8.82. The second-order valence-electron chi connectivity index (χ2n) is 4.09. The van der Waals surface area contributed by atoms with Gasteiger partial charge < -0.3 is 5.11 Å². The van der Waals surface area contributed by atoms with Crippen molar-refractivity contribution in [2.45, 2.75) is 24.7 Å². The van der Waals surface area contributed by atoms with Crippen LogP contribution in [0.25, 0.3) is 0 Å². The minimum absolute atomic E-state index is 0.216. The zero-order chi connectivity index (χ0) is 14.6. The molecule has 0 aliphatic carbocycles. The Hall–Kier alpha value is -1.67. The highest BCUT2D eigenvalue weighted by Crippen LogP contribution is 2.21. The van der Waals surface area contributed by atoms with Gasteiger partial charge in [-0.1, -0.05) is 6.08 Å². The first-order valence-corrected chi connectivity index (χ1v) is 7.11. The molecular formula is C11H17N3O4S. The Morgan fingerprint density at radius 1 is 1.58 bits per heavy atom. The summed E-state index contributed by atoms with van der Waals surface area (Å²) < 4.78 is 25.7. The quantitative estimate of drug-likeness (QED) is 0.575. The molecule has 1 rings (SSSR count). The van der Waals surface area contributed by atoms with Crippen LogP contribution in [0.2, 0.25) is 0 Å². The number of carboxylic acid groups (broad SMARTS) is 1. The highest BCUT2D eigenvalue weighted by molar-refractivity contribution is 7.89. The van der Waals surface area contributed by atoms with Gasteiger partial charge in [-0.2, -0.15) is 5.10 Å². The van der Waals surface area contributed by atoms with Crippen LogP contribution >= 0.6 is 0 Å². The number of H-pyrrole nitrogens is 1. The van der Waals surface area contributed by atoms with Crippen molar-refractivity contribution < 1.29 is 18.3 Å². The molecule has 0 bridgehead atoms. The van der Waals surface area contributed by atoms with Crippen LogP contribution < -0.4 is 0 Å².